The summed E-state index contributed by atoms with van der Waals surface area (Å²) in [6.07, 6.45) is -3.66. The monoisotopic (exact) mass is 792 g/mol. The first-order valence-corrected chi connectivity index (χ1v) is 17.3. The van der Waals surface area contributed by atoms with Crippen molar-refractivity contribution in [3.8, 4) is 0 Å². The number of nitrogen functional groups attached to an aromatic ring is 1. The number of carbonyl (C=O) groups excluding carboxylic acids is 3. The average Bonchev–Trinajstić information content (AvgIpc) is 3.13. The van der Waals surface area contributed by atoms with Gasteiger partial charge in [-0.05, 0) is 72.2 Å². The molecule has 0 aliphatic rings. The van der Waals surface area contributed by atoms with Crippen LogP contribution in [0.2, 0.25) is 0 Å². The van der Waals surface area contributed by atoms with Gasteiger partial charge < -0.3 is 32.1 Å². The molecule has 1 unspecified atom stereocenters. The number of H-pyrrole nitrogens is 1. The summed E-state index contributed by atoms with van der Waals surface area (Å²) in [4.78, 5) is 69.9. The van der Waals surface area contributed by atoms with E-state index >= 15 is 0 Å². The highest BCUT2D eigenvalue weighted by atomic mass is 19.4. The van der Waals surface area contributed by atoms with Crippen LogP contribution in [0.15, 0.2) is 45.6 Å². The number of nitrogens with two attached hydrogens (primary N) is 1. The van der Waals surface area contributed by atoms with Crippen LogP contribution in [0, 0.1) is 0 Å². The maximum absolute atomic E-state index is 13.6. The van der Waals surface area contributed by atoms with Gasteiger partial charge in [-0.3, -0.25) is 33.9 Å². The third-order valence-electron chi connectivity index (χ3n) is 8.60. The summed E-state index contributed by atoms with van der Waals surface area (Å²) in [6.45, 7) is 10.6. The Bertz CT molecular complexity index is 1970. The smallest absolute Gasteiger partial charge is 0.411 e. The van der Waals surface area contributed by atoms with Gasteiger partial charge in [0.05, 0.1) is 47.5 Å². The first-order chi connectivity index (χ1) is 26.2. The number of nitrogens with zero attached hydrogens (tertiary/aromatic N) is 6. The van der Waals surface area contributed by atoms with Crippen LogP contribution in [0.5, 0.6) is 0 Å². The van der Waals surface area contributed by atoms with Crippen molar-refractivity contribution in [2.24, 2.45) is 10.3 Å². The number of hydroxylamine groups is 1. The number of nitrogens with one attached hydrogen (secondary N) is 5. The van der Waals surface area contributed by atoms with Crippen LogP contribution in [-0.4, -0.2) is 102 Å². The number of fused-ring (bicyclic) bond motifs is 1. The Hall–Kier alpha value is -5.74. The minimum atomic E-state index is -5.26. The molecule has 0 bridgehead atoms. The number of hydrogen-bond donors (Lipinski definition) is 8. The fraction of sp³-hybridized carbons (Fsp3) is 0.500. The van der Waals surface area contributed by atoms with Crippen LogP contribution in [0.4, 0.5) is 24.8 Å². The van der Waals surface area contributed by atoms with Crippen molar-refractivity contribution in [2.45, 2.75) is 90.6 Å². The van der Waals surface area contributed by atoms with Crippen LogP contribution in [-0.2, 0) is 21.0 Å². The molecule has 0 aliphatic carbocycles. The van der Waals surface area contributed by atoms with Crippen molar-refractivity contribution in [3.63, 3.8) is 0 Å². The van der Waals surface area contributed by atoms with E-state index in [0.717, 1.165) is 18.3 Å². The fourth-order valence-electron chi connectivity index (χ4n) is 5.01. The molecule has 0 saturated carbocycles. The molecule has 0 saturated heterocycles. The SMILES string of the molecule is C/C(=N/O)C(C)(C)NOCCNC(C)(C)/C(CCNC(=O)CCC(C)NC(=O)c1ccc(N(Cc2cnc3nc(N)[nH]c(=O)c3n2)C(=O)C(F)(F)F)cc1)=N\O. The molecule has 3 aromatic rings. The summed E-state index contributed by atoms with van der Waals surface area (Å²) in [5.74, 6) is -3.32. The van der Waals surface area contributed by atoms with Crippen molar-refractivity contribution in [3.05, 3.63) is 52.1 Å². The molecule has 3 amide bonds. The molecule has 22 heteroatoms. The number of aromatic amines is 1. The van der Waals surface area contributed by atoms with Gasteiger partial charge in [-0.1, -0.05) is 10.3 Å². The van der Waals surface area contributed by atoms with Crippen molar-refractivity contribution in [1.82, 2.24) is 41.4 Å². The van der Waals surface area contributed by atoms with E-state index in [4.69, 9.17) is 15.8 Å². The number of benzene rings is 1. The van der Waals surface area contributed by atoms with Crippen molar-refractivity contribution in [1.29, 1.82) is 0 Å². The quantitative estimate of drug-likeness (QED) is 0.0375. The average molecular weight is 793 g/mol. The highest BCUT2D eigenvalue weighted by Crippen LogP contribution is 2.26. The molecule has 1 aromatic carbocycles. The summed E-state index contributed by atoms with van der Waals surface area (Å²) in [7, 11) is 0. The largest absolute Gasteiger partial charge is 0.471 e. The molecular formula is C34H47F3N12O7. The van der Waals surface area contributed by atoms with Crippen LogP contribution >= 0.6 is 0 Å². The third kappa shape index (κ3) is 12.7. The number of carbonyl (C=O) groups is 3. The summed E-state index contributed by atoms with van der Waals surface area (Å²) < 4.78 is 40.8. The Morgan fingerprint density at radius 3 is 2.32 bits per heavy atom. The van der Waals surface area contributed by atoms with Gasteiger partial charge in [-0.25, -0.2) is 9.97 Å². The molecular weight excluding hydrogens is 745 g/mol. The maximum Gasteiger partial charge on any atom is 0.471 e. The Balaban J connectivity index is 1.49. The van der Waals surface area contributed by atoms with E-state index in [-0.39, 0.29) is 72.4 Å². The third-order valence-corrected chi connectivity index (χ3v) is 8.60. The zero-order valence-corrected chi connectivity index (χ0v) is 31.7. The van der Waals surface area contributed by atoms with E-state index in [9.17, 15) is 37.6 Å². The van der Waals surface area contributed by atoms with Crippen molar-refractivity contribution >= 4 is 51.9 Å². The number of hydrogen-bond acceptors (Lipinski definition) is 15. The number of alkyl halides is 3. The van der Waals surface area contributed by atoms with Crippen LogP contribution in [0.25, 0.3) is 11.2 Å². The number of rotatable bonds is 19. The van der Waals surface area contributed by atoms with Gasteiger partial charge >= 0.3 is 12.1 Å². The molecule has 2 heterocycles. The Kier molecular flexibility index (Phi) is 15.3. The fourth-order valence-corrected chi connectivity index (χ4v) is 5.01. The second-order valence-electron chi connectivity index (χ2n) is 13.8. The van der Waals surface area contributed by atoms with Gasteiger partial charge in [0.15, 0.2) is 11.2 Å². The minimum absolute atomic E-state index is 0.0519. The highest BCUT2D eigenvalue weighted by Gasteiger charge is 2.43. The lowest BCUT2D eigenvalue weighted by atomic mass is 9.95. The summed E-state index contributed by atoms with van der Waals surface area (Å²) in [5.41, 5.74) is 6.22. The van der Waals surface area contributed by atoms with E-state index in [1.165, 1.54) is 12.1 Å². The lowest BCUT2D eigenvalue weighted by molar-refractivity contribution is -0.170. The molecule has 1 atom stereocenters. The Morgan fingerprint density at radius 1 is 1.02 bits per heavy atom. The van der Waals surface area contributed by atoms with Gasteiger partial charge in [-0.15, -0.1) is 0 Å². The number of oxime groups is 2. The van der Waals surface area contributed by atoms with Crippen LogP contribution in [0.3, 0.4) is 0 Å². The van der Waals surface area contributed by atoms with Crippen LogP contribution in [0.1, 0.15) is 76.9 Å². The van der Waals surface area contributed by atoms with E-state index < -0.39 is 47.2 Å². The van der Waals surface area contributed by atoms with Crippen molar-refractivity contribution in [2.75, 3.05) is 30.3 Å². The van der Waals surface area contributed by atoms with Gasteiger partial charge in [0, 0.05) is 43.2 Å². The zero-order chi connectivity index (χ0) is 41.8. The molecule has 306 valence electrons. The molecule has 2 aromatic heterocycles. The first kappa shape index (κ1) is 44.7. The molecule has 9 N–H and O–H groups in total. The minimum Gasteiger partial charge on any atom is -0.411 e. The molecule has 19 nitrogen and oxygen atoms in total. The molecule has 0 aliphatic heterocycles. The van der Waals surface area contributed by atoms with Gasteiger partial charge in [0.25, 0.3) is 11.5 Å². The molecule has 56 heavy (non-hydrogen) atoms. The van der Waals surface area contributed by atoms with Crippen molar-refractivity contribution < 1.29 is 42.8 Å². The Morgan fingerprint density at radius 2 is 1.70 bits per heavy atom. The highest BCUT2D eigenvalue weighted by molar-refractivity contribution is 5.99. The van der Waals surface area contributed by atoms with E-state index in [2.05, 4.69) is 51.7 Å². The number of halogens is 3. The van der Waals surface area contributed by atoms with E-state index in [0.29, 0.717) is 22.9 Å². The predicted molar refractivity (Wildman–Crippen MR) is 199 cm³/mol. The van der Waals surface area contributed by atoms with E-state index in [1.807, 2.05) is 0 Å². The first-order valence-electron chi connectivity index (χ1n) is 17.3. The molecule has 0 spiro atoms. The van der Waals surface area contributed by atoms with Gasteiger partial charge in [0.1, 0.15) is 0 Å². The Labute approximate surface area is 319 Å². The summed E-state index contributed by atoms with van der Waals surface area (Å²) in [6, 6.07) is 4.31. The number of anilines is 2. The topological polar surface area (TPSA) is 275 Å². The van der Waals surface area contributed by atoms with E-state index in [1.54, 1.807) is 41.5 Å². The summed E-state index contributed by atoms with van der Waals surface area (Å²) >= 11 is 0. The number of amides is 3. The lowest BCUT2D eigenvalue weighted by Gasteiger charge is -2.28. The van der Waals surface area contributed by atoms with Gasteiger partial charge in [-0.2, -0.15) is 23.6 Å². The zero-order valence-electron chi connectivity index (χ0n) is 31.7. The normalized spacial score (nSPS) is 13.4. The van der Waals surface area contributed by atoms with Gasteiger partial charge in [0.2, 0.25) is 11.9 Å². The maximum atomic E-state index is 13.6. The predicted octanol–water partition coefficient (Wildman–Crippen LogP) is 2.14. The van der Waals surface area contributed by atoms with Crippen LogP contribution < -0.4 is 37.6 Å². The second-order valence-corrected chi connectivity index (χ2v) is 13.8. The number of aromatic nitrogens is 4. The molecule has 3 rings (SSSR count). The second kappa shape index (κ2) is 19.2. The molecule has 0 fully saturated rings. The standard InChI is InChI=1S/C34H47F3N12O7/c1-19(7-12-25(50)39-14-13-24(47-55)33(5,6)41-15-16-56-48-32(3,4)20(2)46-54)42-28(51)21-8-10-23(11-9-21)49(30(53)34(35,36)37)18-22-17-40-27-26(43-22)29(52)45-31(38)44-27/h8-11,17,19,41,48,54-55H,7,12-16,18H2,1-6H3,(H,39,50)(H,42,51)(H3,38,40,44,45,52)/b46-20-,47-24-. The molecule has 0 radical (unpaired) electrons. The summed E-state index contributed by atoms with van der Waals surface area (Å²) in [5, 5.41) is 33.8. The lowest BCUT2D eigenvalue weighted by Crippen LogP contribution is -2.50.